The van der Waals surface area contributed by atoms with Crippen molar-refractivity contribution in [2.45, 2.75) is 18.4 Å². The molecule has 0 saturated carbocycles. The summed E-state index contributed by atoms with van der Waals surface area (Å²) in [5.74, 6) is 0.0271. The van der Waals surface area contributed by atoms with Crippen LogP contribution in [0.4, 0.5) is 10.2 Å². The molecule has 4 N–H and O–H groups in total. The van der Waals surface area contributed by atoms with E-state index in [2.05, 4.69) is 4.98 Å². The van der Waals surface area contributed by atoms with Crippen LogP contribution in [0, 0.1) is 0 Å². The Hall–Kier alpha value is -1.48. The number of aliphatic hydroxyl groups is 2. The molecule has 106 valence electrons. The molecule has 7 nitrogen and oxygen atoms in total. The van der Waals surface area contributed by atoms with E-state index < -0.39 is 30.7 Å². The summed E-state index contributed by atoms with van der Waals surface area (Å²) in [5.41, 5.74) is 4.45. The third kappa shape index (κ3) is 2.76. The van der Waals surface area contributed by atoms with Crippen molar-refractivity contribution in [3.63, 3.8) is 0 Å². The van der Waals surface area contributed by atoms with E-state index >= 15 is 0 Å². The van der Waals surface area contributed by atoms with Crippen LogP contribution < -0.4 is 11.4 Å². The van der Waals surface area contributed by atoms with Crippen LogP contribution in [0.3, 0.4) is 0 Å². The van der Waals surface area contributed by atoms with Gasteiger partial charge in [-0.15, -0.1) is 12.4 Å². The van der Waals surface area contributed by atoms with Gasteiger partial charge in [0.1, 0.15) is 18.0 Å². The highest BCUT2D eigenvalue weighted by molar-refractivity contribution is 5.85. The van der Waals surface area contributed by atoms with E-state index in [1.165, 1.54) is 12.3 Å². The largest absolute Gasteiger partial charge is 0.394 e. The maximum Gasteiger partial charge on any atom is 0.351 e. The molecule has 0 radical (unpaired) electrons. The van der Waals surface area contributed by atoms with Crippen LogP contribution in [-0.4, -0.2) is 38.6 Å². The highest BCUT2D eigenvalue weighted by Crippen LogP contribution is 2.33. The van der Waals surface area contributed by atoms with Gasteiger partial charge < -0.3 is 20.7 Å². The highest BCUT2D eigenvalue weighted by Gasteiger charge is 2.40. The molecule has 1 aromatic rings. The molecule has 2 rings (SSSR count). The summed E-state index contributed by atoms with van der Waals surface area (Å²) < 4.78 is 19.0. The molecule has 1 aliphatic heterocycles. The number of nitrogens with two attached hydrogens (primary N) is 1. The molecule has 1 fully saturated rings. The number of halogens is 2. The van der Waals surface area contributed by atoms with Gasteiger partial charge in [0.15, 0.2) is 6.23 Å². The summed E-state index contributed by atoms with van der Waals surface area (Å²) in [7, 11) is 0. The summed E-state index contributed by atoms with van der Waals surface area (Å²) >= 11 is 0. The van der Waals surface area contributed by atoms with Crippen LogP contribution in [0.15, 0.2) is 29.0 Å². The van der Waals surface area contributed by atoms with E-state index in [-0.39, 0.29) is 30.1 Å². The Bertz CT molecular complexity index is 536. The third-order valence-electron chi connectivity index (χ3n) is 2.69. The number of aliphatic hydroxyl groups excluding tert-OH is 2. The first kappa shape index (κ1) is 15.6. The number of rotatable bonds is 2. The van der Waals surface area contributed by atoms with Gasteiger partial charge in [-0.25, -0.2) is 9.18 Å². The minimum Gasteiger partial charge on any atom is -0.394 e. The molecule has 2 heterocycles. The lowest BCUT2D eigenvalue weighted by atomic mass is 10.1. The van der Waals surface area contributed by atoms with E-state index in [1.54, 1.807) is 0 Å². The molecule has 1 aliphatic rings. The van der Waals surface area contributed by atoms with Crippen molar-refractivity contribution in [1.29, 1.82) is 0 Å². The minimum atomic E-state index is -1.31. The van der Waals surface area contributed by atoms with Crippen molar-refractivity contribution >= 4 is 18.2 Å². The van der Waals surface area contributed by atoms with Crippen molar-refractivity contribution in [2.75, 3.05) is 12.3 Å². The molecule has 0 unspecified atom stereocenters. The first-order valence-corrected chi connectivity index (χ1v) is 5.17. The number of hydrogen-bond donors (Lipinski definition) is 3. The zero-order valence-electron chi connectivity index (χ0n) is 9.64. The summed E-state index contributed by atoms with van der Waals surface area (Å²) in [6.07, 6.45) is -1.99. The second-order valence-electron chi connectivity index (χ2n) is 3.81. The molecule has 1 saturated heterocycles. The summed E-state index contributed by atoms with van der Waals surface area (Å²) in [6, 6.07) is 1.35. The molecule has 1 aromatic heterocycles. The fourth-order valence-corrected chi connectivity index (χ4v) is 1.77. The van der Waals surface area contributed by atoms with E-state index in [9.17, 15) is 14.3 Å². The van der Waals surface area contributed by atoms with Crippen LogP contribution >= 0.6 is 12.4 Å². The quantitative estimate of drug-likeness (QED) is 0.668. The second-order valence-corrected chi connectivity index (χ2v) is 3.81. The lowest BCUT2D eigenvalue weighted by molar-refractivity contribution is -0.0447. The maximum absolute atomic E-state index is 12.8. The lowest BCUT2D eigenvalue weighted by Crippen LogP contribution is -2.28. The SMILES string of the molecule is Cl.Nc1ccn([C@@H]2O[C@H](CO)[C@@H](O)/C2=C\F)c(=O)n1. The summed E-state index contributed by atoms with van der Waals surface area (Å²) in [4.78, 5) is 15.1. The summed E-state index contributed by atoms with van der Waals surface area (Å²) in [6.45, 7) is -0.494. The van der Waals surface area contributed by atoms with E-state index in [0.29, 0.717) is 0 Å². The zero-order valence-corrected chi connectivity index (χ0v) is 10.5. The Morgan fingerprint density at radius 1 is 1.63 bits per heavy atom. The molecule has 0 bridgehead atoms. The van der Waals surface area contributed by atoms with Crippen LogP contribution in [-0.2, 0) is 4.74 Å². The first-order chi connectivity index (χ1) is 8.58. The topological polar surface area (TPSA) is 111 Å². The van der Waals surface area contributed by atoms with Gasteiger partial charge in [-0.05, 0) is 6.07 Å². The standard InChI is InChI=1S/C10H12FN3O4.ClH/c11-3-5-8(16)6(4-15)18-9(5)14-2-1-7(12)13-10(14)17;/h1-3,6,8-9,15-16H,4H2,(H2,12,13,17);1H/b5-3+;/t6-,8+,9-;/m1./s1. The Morgan fingerprint density at radius 3 is 2.84 bits per heavy atom. The highest BCUT2D eigenvalue weighted by atomic mass is 35.5. The minimum absolute atomic E-state index is 0. The predicted octanol–water partition coefficient (Wildman–Crippen LogP) is -0.649. The maximum atomic E-state index is 12.8. The number of anilines is 1. The van der Waals surface area contributed by atoms with Crippen molar-refractivity contribution < 1.29 is 19.3 Å². The van der Waals surface area contributed by atoms with Crippen LogP contribution in [0.5, 0.6) is 0 Å². The van der Waals surface area contributed by atoms with Crippen molar-refractivity contribution in [3.8, 4) is 0 Å². The van der Waals surface area contributed by atoms with Gasteiger partial charge in [0.2, 0.25) is 0 Å². The van der Waals surface area contributed by atoms with Crippen LogP contribution in [0.1, 0.15) is 6.23 Å². The Labute approximate surface area is 113 Å². The molecule has 0 amide bonds. The zero-order chi connectivity index (χ0) is 13.3. The van der Waals surface area contributed by atoms with Crippen molar-refractivity contribution in [3.05, 3.63) is 34.7 Å². The number of ether oxygens (including phenoxy) is 1. The molecule has 19 heavy (non-hydrogen) atoms. The fraction of sp³-hybridized carbons (Fsp3) is 0.400. The van der Waals surface area contributed by atoms with Crippen molar-refractivity contribution in [1.82, 2.24) is 9.55 Å². The number of nitrogen functional groups attached to an aromatic ring is 1. The smallest absolute Gasteiger partial charge is 0.351 e. The Morgan fingerprint density at radius 2 is 2.32 bits per heavy atom. The molecule has 9 heteroatoms. The summed E-state index contributed by atoms with van der Waals surface area (Å²) in [5, 5.41) is 18.6. The van der Waals surface area contributed by atoms with Gasteiger partial charge >= 0.3 is 5.69 Å². The molecule has 0 aliphatic carbocycles. The molecular weight excluding hydrogens is 281 g/mol. The second kappa shape index (κ2) is 6.11. The van der Waals surface area contributed by atoms with Crippen LogP contribution in [0.25, 0.3) is 0 Å². The average Bonchev–Trinajstić information content (AvgIpc) is 2.65. The molecule has 3 atom stereocenters. The third-order valence-corrected chi connectivity index (χ3v) is 2.69. The monoisotopic (exact) mass is 293 g/mol. The van der Waals surface area contributed by atoms with Gasteiger partial charge in [0, 0.05) is 11.8 Å². The van der Waals surface area contributed by atoms with Crippen LogP contribution in [0.2, 0.25) is 0 Å². The first-order valence-electron chi connectivity index (χ1n) is 5.17. The molecule has 0 aromatic carbocycles. The molecular formula is C10H13ClFN3O4. The Balaban J connectivity index is 0.00000180. The number of aromatic nitrogens is 2. The van der Waals surface area contributed by atoms with Gasteiger partial charge in [0.25, 0.3) is 0 Å². The fourth-order valence-electron chi connectivity index (χ4n) is 1.77. The average molecular weight is 294 g/mol. The van der Waals surface area contributed by atoms with E-state index in [0.717, 1.165) is 4.57 Å². The van der Waals surface area contributed by atoms with E-state index in [1.807, 2.05) is 0 Å². The normalized spacial score (nSPS) is 28.4. The van der Waals surface area contributed by atoms with Gasteiger partial charge in [0.05, 0.1) is 12.9 Å². The van der Waals surface area contributed by atoms with Gasteiger partial charge in [-0.3, -0.25) is 4.57 Å². The number of hydrogen-bond acceptors (Lipinski definition) is 6. The lowest BCUT2D eigenvalue weighted by Gasteiger charge is -2.14. The number of nitrogens with zero attached hydrogens (tertiary/aromatic N) is 2. The van der Waals surface area contributed by atoms with Crippen molar-refractivity contribution in [2.24, 2.45) is 0 Å². The van der Waals surface area contributed by atoms with E-state index in [4.69, 9.17) is 15.6 Å². The predicted molar refractivity (Wildman–Crippen MR) is 66.4 cm³/mol. The Kier molecular flexibility index (Phi) is 5.01. The van der Waals surface area contributed by atoms with Gasteiger partial charge in [-0.1, -0.05) is 0 Å². The van der Waals surface area contributed by atoms with Gasteiger partial charge in [-0.2, -0.15) is 4.98 Å². The molecule has 0 spiro atoms.